The van der Waals surface area contributed by atoms with Crippen LogP contribution in [0.2, 0.25) is 0 Å². The van der Waals surface area contributed by atoms with Gasteiger partial charge in [-0.25, -0.2) is 4.79 Å². The molecule has 1 aliphatic rings. The van der Waals surface area contributed by atoms with Crippen LogP contribution in [-0.2, 0) is 11.4 Å². The van der Waals surface area contributed by atoms with Crippen molar-refractivity contribution in [1.82, 2.24) is 25.0 Å². The minimum Gasteiger partial charge on any atom is -0.324 e. The summed E-state index contributed by atoms with van der Waals surface area (Å²) in [5.74, 6) is -2.22. The minimum absolute atomic E-state index is 0.0946. The second-order valence-corrected chi connectivity index (χ2v) is 5.57. The summed E-state index contributed by atoms with van der Waals surface area (Å²) < 4.78 is 1.69. The number of hydrogen-bond acceptors (Lipinski definition) is 6. The fourth-order valence-corrected chi connectivity index (χ4v) is 2.71. The number of H-pyrrole nitrogens is 1. The van der Waals surface area contributed by atoms with Crippen molar-refractivity contribution in [3.63, 3.8) is 0 Å². The van der Waals surface area contributed by atoms with Crippen molar-refractivity contribution >= 4 is 17.8 Å². The Morgan fingerprint density at radius 1 is 1.15 bits per heavy atom. The highest BCUT2D eigenvalue weighted by Crippen LogP contribution is 2.25. The van der Waals surface area contributed by atoms with Crippen LogP contribution in [0.15, 0.2) is 42.9 Å². The standard InChI is InChI=1S/C17H13N5O4/c1-2-21-9-10(7-19-21)14-13(8-18-20-14)17(25)26-22-15(23)11-5-3-4-6-12(11)16(22)24/h3-9H,2H2,1H3,(H,18,20). The average Bonchev–Trinajstić information content (AvgIpc) is 3.37. The lowest BCUT2D eigenvalue weighted by Gasteiger charge is -2.12. The van der Waals surface area contributed by atoms with Crippen molar-refractivity contribution in [2.24, 2.45) is 0 Å². The first-order chi connectivity index (χ1) is 12.6. The van der Waals surface area contributed by atoms with Gasteiger partial charge in [-0.15, -0.1) is 0 Å². The maximum absolute atomic E-state index is 12.5. The van der Waals surface area contributed by atoms with Gasteiger partial charge in [0, 0.05) is 18.3 Å². The number of nitrogens with zero attached hydrogens (tertiary/aromatic N) is 4. The number of benzene rings is 1. The molecule has 1 N–H and O–H groups in total. The van der Waals surface area contributed by atoms with E-state index in [2.05, 4.69) is 15.3 Å². The summed E-state index contributed by atoms with van der Waals surface area (Å²) in [6, 6.07) is 6.28. The topological polar surface area (TPSA) is 110 Å². The number of aromatic amines is 1. The molecule has 0 spiro atoms. The van der Waals surface area contributed by atoms with E-state index < -0.39 is 17.8 Å². The highest BCUT2D eigenvalue weighted by Gasteiger charge is 2.39. The van der Waals surface area contributed by atoms with E-state index in [0.29, 0.717) is 22.9 Å². The summed E-state index contributed by atoms with van der Waals surface area (Å²) in [5, 5.41) is 11.2. The quantitative estimate of drug-likeness (QED) is 0.716. The lowest BCUT2D eigenvalue weighted by molar-refractivity contribution is -0.0584. The Kier molecular flexibility index (Phi) is 3.61. The fourth-order valence-electron chi connectivity index (χ4n) is 2.71. The Bertz CT molecular complexity index is 1000. The number of carbonyl (C=O) groups excluding carboxylic acids is 3. The van der Waals surface area contributed by atoms with Gasteiger partial charge in [-0.3, -0.25) is 19.4 Å². The second-order valence-electron chi connectivity index (χ2n) is 5.57. The van der Waals surface area contributed by atoms with E-state index in [9.17, 15) is 14.4 Å². The Hall–Kier alpha value is -3.75. The van der Waals surface area contributed by atoms with Gasteiger partial charge in [0.25, 0.3) is 11.8 Å². The van der Waals surface area contributed by atoms with E-state index in [-0.39, 0.29) is 16.7 Å². The summed E-state index contributed by atoms with van der Waals surface area (Å²) in [5.41, 5.74) is 1.52. The van der Waals surface area contributed by atoms with Crippen LogP contribution < -0.4 is 0 Å². The van der Waals surface area contributed by atoms with Gasteiger partial charge >= 0.3 is 5.97 Å². The minimum atomic E-state index is -0.868. The zero-order valence-corrected chi connectivity index (χ0v) is 13.7. The summed E-state index contributed by atoms with van der Waals surface area (Å²) in [6.07, 6.45) is 4.60. The van der Waals surface area contributed by atoms with E-state index in [0.717, 1.165) is 0 Å². The van der Waals surface area contributed by atoms with Crippen LogP contribution in [-0.4, -0.2) is 42.8 Å². The van der Waals surface area contributed by atoms with Crippen molar-refractivity contribution in [1.29, 1.82) is 0 Å². The SMILES string of the molecule is CCn1cc(-c2[nH]ncc2C(=O)ON2C(=O)c3ccccc3C2=O)cn1. The zero-order chi connectivity index (χ0) is 18.3. The Labute approximate surface area is 147 Å². The summed E-state index contributed by atoms with van der Waals surface area (Å²) in [4.78, 5) is 42.2. The monoisotopic (exact) mass is 351 g/mol. The molecule has 0 bridgehead atoms. The van der Waals surface area contributed by atoms with Crippen LogP contribution in [0.4, 0.5) is 0 Å². The third-order valence-electron chi connectivity index (χ3n) is 4.04. The normalized spacial score (nSPS) is 13.2. The molecule has 1 aromatic carbocycles. The number of hydrogen-bond donors (Lipinski definition) is 1. The molecule has 0 saturated carbocycles. The van der Waals surface area contributed by atoms with Gasteiger partial charge in [-0.1, -0.05) is 17.2 Å². The average molecular weight is 351 g/mol. The van der Waals surface area contributed by atoms with Gasteiger partial charge in [0.05, 0.1) is 29.2 Å². The number of carbonyl (C=O) groups is 3. The van der Waals surface area contributed by atoms with Gasteiger partial charge in [0.15, 0.2) is 0 Å². The van der Waals surface area contributed by atoms with Crippen molar-refractivity contribution in [2.75, 3.05) is 0 Å². The summed E-state index contributed by atoms with van der Waals surface area (Å²) >= 11 is 0. The Morgan fingerprint density at radius 2 is 1.85 bits per heavy atom. The second kappa shape index (κ2) is 5.96. The molecule has 9 nitrogen and oxygen atoms in total. The summed E-state index contributed by atoms with van der Waals surface area (Å²) in [7, 11) is 0. The number of fused-ring (bicyclic) bond motifs is 1. The molecule has 0 radical (unpaired) electrons. The number of hydroxylamine groups is 2. The number of aryl methyl sites for hydroxylation is 1. The first-order valence-corrected chi connectivity index (χ1v) is 7.86. The van der Waals surface area contributed by atoms with Gasteiger partial charge in [0.1, 0.15) is 5.56 Å². The van der Waals surface area contributed by atoms with E-state index in [4.69, 9.17) is 4.84 Å². The van der Waals surface area contributed by atoms with Gasteiger partial charge in [-0.05, 0) is 19.1 Å². The lowest BCUT2D eigenvalue weighted by atomic mass is 10.1. The molecular formula is C17H13N5O4. The van der Waals surface area contributed by atoms with Crippen LogP contribution in [0, 0.1) is 0 Å². The highest BCUT2D eigenvalue weighted by atomic mass is 16.7. The number of nitrogens with one attached hydrogen (secondary N) is 1. The van der Waals surface area contributed by atoms with Gasteiger partial charge in [0.2, 0.25) is 0 Å². The van der Waals surface area contributed by atoms with E-state index in [1.54, 1.807) is 29.2 Å². The van der Waals surface area contributed by atoms with Crippen LogP contribution in [0.25, 0.3) is 11.3 Å². The molecule has 0 unspecified atom stereocenters. The molecule has 0 atom stereocenters. The van der Waals surface area contributed by atoms with E-state index >= 15 is 0 Å². The predicted octanol–water partition coefficient (Wildman–Crippen LogP) is 1.66. The molecule has 130 valence electrons. The molecule has 0 aliphatic carbocycles. The number of imide groups is 1. The van der Waals surface area contributed by atoms with Gasteiger partial charge < -0.3 is 4.84 Å². The molecular weight excluding hydrogens is 338 g/mol. The largest absolute Gasteiger partial charge is 0.367 e. The number of rotatable bonds is 4. The Balaban J connectivity index is 1.60. The molecule has 9 heteroatoms. The van der Waals surface area contributed by atoms with Crippen molar-refractivity contribution in [2.45, 2.75) is 13.5 Å². The molecule has 0 saturated heterocycles. The van der Waals surface area contributed by atoms with Crippen LogP contribution >= 0.6 is 0 Å². The third kappa shape index (κ3) is 2.37. The lowest BCUT2D eigenvalue weighted by Crippen LogP contribution is -2.32. The number of aromatic nitrogens is 4. The van der Waals surface area contributed by atoms with Crippen LogP contribution in [0.3, 0.4) is 0 Å². The molecule has 2 amide bonds. The van der Waals surface area contributed by atoms with Crippen molar-refractivity contribution in [3.8, 4) is 11.3 Å². The molecule has 0 fully saturated rings. The molecule has 1 aliphatic heterocycles. The fraction of sp³-hybridized carbons (Fsp3) is 0.118. The first-order valence-electron chi connectivity index (χ1n) is 7.86. The smallest absolute Gasteiger partial charge is 0.324 e. The number of amides is 2. The zero-order valence-electron chi connectivity index (χ0n) is 13.7. The Morgan fingerprint density at radius 3 is 2.46 bits per heavy atom. The van der Waals surface area contributed by atoms with Crippen molar-refractivity contribution < 1.29 is 19.2 Å². The molecule has 2 aromatic heterocycles. The molecule has 3 aromatic rings. The third-order valence-corrected chi connectivity index (χ3v) is 4.04. The molecule has 3 heterocycles. The van der Waals surface area contributed by atoms with Crippen molar-refractivity contribution in [3.05, 3.63) is 59.5 Å². The van der Waals surface area contributed by atoms with Crippen LogP contribution in [0.5, 0.6) is 0 Å². The maximum atomic E-state index is 12.5. The predicted molar refractivity (Wildman–Crippen MR) is 87.8 cm³/mol. The maximum Gasteiger partial charge on any atom is 0.367 e. The summed E-state index contributed by atoms with van der Waals surface area (Å²) in [6.45, 7) is 2.60. The first kappa shape index (κ1) is 15.8. The molecule has 26 heavy (non-hydrogen) atoms. The molecule has 4 rings (SSSR count). The van der Waals surface area contributed by atoms with Gasteiger partial charge in [-0.2, -0.15) is 10.2 Å². The van der Waals surface area contributed by atoms with E-state index in [1.807, 2.05) is 6.92 Å². The van der Waals surface area contributed by atoms with Crippen LogP contribution in [0.1, 0.15) is 38.0 Å². The highest BCUT2D eigenvalue weighted by molar-refractivity contribution is 6.21. The van der Waals surface area contributed by atoms with E-state index in [1.165, 1.54) is 18.3 Å².